The Hall–Kier alpha value is 0.940. The first-order chi connectivity index (χ1) is 6.13. The molecular formula is C8H6Br2OS2. The van der Waals surface area contributed by atoms with Crippen molar-refractivity contribution >= 4 is 54.4 Å². The summed E-state index contributed by atoms with van der Waals surface area (Å²) in [6, 6.07) is 0. The van der Waals surface area contributed by atoms with Crippen molar-refractivity contribution in [2.24, 2.45) is 5.92 Å². The first-order valence-corrected chi connectivity index (χ1v) is 7.64. The van der Waals surface area contributed by atoms with Gasteiger partial charge < -0.3 is 0 Å². The molecule has 1 fully saturated rings. The smallest absolute Gasteiger partial charge is 0.126 e. The number of hydrogen-bond donors (Lipinski definition) is 0. The van der Waals surface area contributed by atoms with Gasteiger partial charge in [0.25, 0.3) is 0 Å². The van der Waals surface area contributed by atoms with E-state index in [9.17, 15) is 4.21 Å². The predicted octanol–water partition coefficient (Wildman–Crippen LogP) is 2.75. The fraction of sp³-hybridized carbons (Fsp3) is 0.500. The van der Waals surface area contributed by atoms with Gasteiger partial charge in [-0.2, -0.15) is 0 Å². The van der Waals surface area contributed by atoms with Gasteiger partial charge in [0.2, 0.25) is 0 Å². The zero-order valence-electron chi connectivity index (χ0n) is 6.44. The molecule has 2 bridgehead atoms. The summed E-state index contributed by atoms with van der Waals surface area (Å²) in [6.07, 6.45) is 6.35. The van der Waals surface area contributed by atoms with Crippen LogP contribution in [0.5, 0.6) is 0 Å². The number of halogens is 2. The molecule has 0 aromatic carbocycles. The van der Waals surface area contributed by atoms with Gasteiger partial charge in [0, 0.05) is 15.0 Å². The Morgan fingerprint density at radius 1 is 1.62 bits per heavy atom. The van der Waals surface area contributed by atoms with Crippen molar-refractivity contribution in [3.05, 3.63) is 22.0 Å². The van der Waals surface area contributed by atoms with Gasteiger partial charge in [0.1, 0.15) is 3.66 Å². The summed E-state index contributed by atoms with van der Waals surface area (Å²) < 4.78 is 12.9. The second kappa shape index (κ2) is 2.74. The topological polar surface area (TPSA) is 17.1 Å². The van der Waals surface area contributed by atoms with E-state index >= 15 is 0 Å². The van der Waals surface area contributed by atoms with E-state index in [1.165, 1.54) is 3.81 Å². The highest BCUT2D eigenvalue weighted by Crippen LogP contribution is 2.60. The van der Waals surface area contributed by atoms with E-state index in [4.69, 9.17) is 0 Å². The van der Waals surface area contributed by atoms with Crippen LogP contribution in [0.1, 0.15) is 0 Å². The summed E-state index contributed by atoms with van der Waals surface area (Å²) in [4.78, 5) is 0. The molecular weight excluding hydrogens is 336 g/mol. The number of alkyl halides is 1. The summed E-state index contributed by atoms with van der Waals surface area (Å²) in [5, 5.41) is 0.709. The fourth-order valence-corrected chi connectivity index (χ4v) is 7.91. The van der Waals surface area contributed by atoms with E-state index in [0.29, 0.717) is 11.2 Å². The van der Waals surface area contributed by atoms with Gasteiger partial charge in [-0.3, -0.25) is 4.21 Å². The Balaban J connectivity index is 2.13. The van der Waals surface area contributed by atoms with E-state index in [2.05, 4.69) is 50.1 Å². The van der Waals surface area contributed by atoms with Crippen LogP contribution in [0, 0.1) is 5.92 Å². The minimum Gasteiger partial charge on any atom is -0.257 e. The minimum atomic E-state index is -0.771. The van der Waals surface area contributed by atoms with Gasteiger partial charge in [-0.1, -0.05) is 34.2 Å². The monoisotopic (exact) mass is 340 g/mol. The van der Waals surface area contributed by atoms with E-state index in [1.54, 1.807) is 11.8 Å². The summed E-state index contributed by atoms with van der Waals surface area (Å²) in [7, 11) is -0.771. The molecule has 0 aromatic rings. The molecule has 3 aliphatic rings. The first-order valence-electron chi connectivity index (χ1n) is 3.96. The van der Waals surface area contributed by atoms with Crippen molar-refractivity contribution in [3.63, 3.8) is 0 Å². The molecule has 3 aliphatic heterocycles. The maximum Gasteiger partial charge on any atom is 0.126 e. The Morgan fingerprint density at radius 3 is 3.08 bits per heavy atom. The van der Waals surface area contributed by atoms with Crippen molar-refractivity contribution in [2.45, 2.75) is 14.2 Å². The number of thioether (sulfide) groups is 1. The largest absolute Gasteiger partial charge is 0.257 e. The van der Waals surface area contributed by atoms with Gasteiger partial charge >= 0.3 is 0 Å². The molecule has 0 aromatic heterocycles. The SMILES string of the molecule is O=S1C2C=C[C@@]1(Br)[C@H]1C=C(Br)S[C@@H]21. The van der Waals surface area contributed by atoms with Crippen molar-refractivity contribution in [2.75, 3.05) is 0 Å². The molecule has 2 unspecified atom stereocenters. The molecule has 0 spiro atoms. The number of hydrogen-bond acceptors (Lipinski definition) is 2. The third kappa shape index (κ3) is 1.02. The Morgan fingerprint density at radius 2 is 2.38 bits per heavy atom. The number of rotatable bonds is 0. The third-order valence-corrected chi connectivity index (χ3v) is 8.70. The normalized spacial score (nSPS) is 56.9. The van der Waals surface area contributed by atoms with Crippen LogP contribution in [0.15, 0.2) is 22.0 Å². The Labute approximate surface area is 100 Å². The molecule has 1 saturated heterocycles. The van der Waals surface area contributed by atoms with E-state index < -0.39 is 10.8 Å². The van der Waals surface area contributed by atoms with Gasteiger partial charge in [0.15, 0.2) is 0 Å². The molecule has 1 nitrogen and oxygen atoms in total. The second-order valence-corrected chi connectivity index (χ2v) is 9.65. The summed E-state index contributed by atoms with van der Waals surface area (Å²) in [6.45, 7) is 0. The molecule has 5 atom stereocenters. The van der Waals surface area contributed by atoms with Gasteiger partial charge in [-0.25, -0.2) is 0 Å². The standard InChI is InChI=1S/C8H6Br2OS2/c9-6-3-4-7(12-6)5-1-2-8(4,10)13(5)11/h1-5,7H/t4-,5?,7+,8-,13?/m0/s1. The maximum atomic E-state index is 12.0. The molecule has 0 aliphatic carbocycles. The molecule has 0 saturated carbocycles. The van der Waals surface area contributed by atoms with E-state index in [1.807, 2.05) is 0 Å². The fourth-order valence-electron chi connectivity index (χ4n) is 2.14. The Kier molecular flexibility index (Phi) is 1.94. The van der Waals surface area contributed by atoms with Crippen molar-refractivity contribution in [1.29, 1.82) is 0 Å². The molecule has 13 heavy (non-hydrogen) atoms. The molecule has 0 N–H and O–H groups in total. The minimum absolute atomic E-state index is 0.237. The van der Waals surface area contributed by atoms with Crippen LogP contribution >= 0.6 is 43.6 Å². The molecule has 5 heteroatoms. The highest BCUT2D eigenvalue weighted by Gasteiger charge is 2.61. The first kappa shape index (κ1) is 9.19. The number of fused-ring (bicyclic) bond motifs is 5. The molecule has 70 valence electrons. The zero-order valence-corrected chi connectivity index (χ0v) is 11.2. The van der Waals surface area contributed by atoms with Crippen LogP contribution in [0.25, 0.3) is 0 Å². The van der Waals surface area contributed by atoms with Crippen molar-refractivity contribution in [1.82, 2.24) is 0 Å². The molecule has 3 heterocycles. The van der Waals surface area contributed by atoms with Crippen LogP contribution in [0.2, 0.25) is 0 Å². The lowest BCUT2D eigenvalue weighted by Crippen LogP contribution is -2.27. The lowest BCUT2D eigenvalue weighted by Gasteiger charge is -2.22. The maximum absolute atomic E-state index is 12.0. The van der Waals surface area contributed by atoms with Gasteiger partial charge in [-0.05, 0) is 15.9 Å². The third-order valence-electron chi connectivity index (χ3n) is 2.76. The van der Waals surface area contributed by atoms with Crippen LogP contribution < -0.4 is 0 Å². The highest BCUT2D eigenvalue weighted by molar-refractivity contribution is 9.14. The summed E-state index contributed by atoms with van der Waals surface area (Å²) in [5.41, 5.74) is 0. The van der Waals surface area contributed by atoms with Crippen molar-refractivity contribution in [3.8, 4) is 0 Å². The quantitative estimate of drug-likeness (QED) is 0.498. The van der Waals surface area contributed by atoms with Crippen LogP contribution in [-0.2, 0) is 10.8 Å². The highest BCUT2D eigenvalue weighted by atomic mass is 79.9. The van der Waals surface area contributed by atoms with Gasteiger partial charge in [-0.15, -0.1) is 11.8 Å². The molecule has 3 rings (SSSR count). The van der Waals surface area contributed by atoms with Gasteiger partial charge in [0.05, 0.1) is 16.0 Å². The lowest BCUT2D eigenvalue weighted by molar-refractivity contribution is 0.644. The van der Waals surface area contributed by atoms with Crippen LogP contribution in [-0.4, -0.2) is 18.4 Å². The average molecular weight is 342 g/mol. The van der Waals surface area contributed by atoms with E-state index in [-0.39, 0.29) is 8.91 Å². The lowest BCUT2D eigenvalue weighted by atomic mass is 9.94. The van der Waals surface area contributed by atoms with Crippen molar-refractivity contribution < 1.29 is 4.21 Å². The average Bonchev–Trinajstić information content (AvgIpc) is 2.62. The second-order valence-electron chi connectivity index (χ2n) is 3.40. The van der Waals surface area contributed by atoms with Crippen LogP contribution in [0.4, 0.5) is 0 Å². The zero-order chi connectivity index (χ0) is 9.22. The number of allylic oxidation sites excluding steroid dienone is 1. The van der Waals surface area contributed by atoms with Crippen LogP contribution in [0.3, 0.4) is 0 Å². The van der Waals surface area contributed by atoms with E-state index in [0.717, 1.165) is 0 Å². The summed E-state index contributed by atoms with van der Waals surface area (Å²) in [5.74, 6) is 0.391. The molecule has 0 radical (unpaired) electrons. The Bertz CT molecular complexity index is 365. The summed E-state index contributed by atoms with van der Waals surface area (Å²) >= 11 is 8.92. The predicted molar refractivity (Wildman–Crippen MR) is 64.6 cm³/mol. The molecule has 0 amide bonds.